The quantitative estimate of drug-likeness (QED) is 0.429. The Kier molecular flexibility index (Phi) is 3.92. The lowest BCUT2D eigenvalue weighted by atomic mass is 9.93. The van der Waals surface area contributed by atoms with Gasteiger partial charge < -0.3 is 14.2 Å². The molecule has 2 unspecified atom stereocenters. The molecule has 0 N–H and O–H groups in total. The van der Waals surface area contributed by atoms with Crippen molar-refractivity contribution in [3.05, 3.63) is 0 Å². The van der Waals surface area contributed by atoms with Crippen molar-refractivity contribution in [2.75, 3.05) is 13.7 Å². The van der Waals surface area contributed by atoms with Crippen LogP contribution in [0.25, 0.3) is 0 Å². The Morgan fingerprint density at radius 1 is 1.59 bits per heavy atom. The average Bonchev–Trinajstić information content (AvgIpc) is 2.71. The lowest BCUT2D eigenvalue weighted by Crippen LogP contribution is -2.33. The van der Waals surface area contributed by atoms with Crippen molar-refractivity contribution >= 4 is 34.5 Å². The van der Waals surface area contributed by atoms with Crippen molar-refractivity contribution in [3.63, 3.8) is 0 Å². The number of hydrogen-bond acceptors (Lipinski definition) is 5. The summed E-state index contributed by atoms with van der Waals surface area (Å²) in [7, 11) is 1.61. The normalized spacial score (nSPS) is 39.9. The summed E-state index contributed by atoms with van der Waals surface area (Å²) in [5, 5.41) is 0. The van der Waals surface area contributed by atoms with E-state index in [4.69, 9.17) is 14.2 Å². The predicted molar refractivity (Wildman–Crippen MR) is 66.7 cm³/mol. The Morgan fingerprint density at radius 3 is 2.88 bits per heavy atom. The number of methoxy groups -OCH3 is 1. The summed E-state index contributed by atoms with van der Waals surface area (Å²) in [6.45, 7) is 1.88. The summed E-state index contributed by atoms with van der Waals surface area (Å²) < 4.78 is 15.8. The second kappa shape index (κ2) is 5.09. The molecule has 2 rings (SSSR count). The van der Waals surface area contributed by atoms with E-state index < -0.39 is 0 Å². The topological polar surface area (TPSA) is 61.8 Å². The molecule has 0 aromatic carbocycles. The van der Waals surface area contributed by atoms with E-state index in [0.717, 1.165) is 0 Å². The molecule has 96 valence electrons. The summed E-state index contributed by atoms with van der Waals surface area (Å²) in [6.07, 6.45) is 0.0272. The third kappa shape index (κ3) is 2.42. The summed E-state index contributed by atoms with van der Waals surface area (Å²) >= 11 is 2.20. The number of hydrogen-bond donors (Lipinski definition) is 0. The second-order valence-electron chi connectivity index (χ2n) is 4.46. The number of alkyl halides is 1. The highest BCUT2D eigenvalue weighted by atomic mass is 127. The van der Waals surface area contributed by atoms with Gasteiger partial charge >= 0.3 is 11.9 Å². The van der Waals surface area contributed by atoms with Crippen molar-refractivity contribution < 1.29 is 23.8 Å². The van der Waals surface area contributed by atoms with E-state index in [1.165, 1.54) is 6.92 Å². The van der Waals surface area contributed by atoms with Crippen LogP contribution in [0.15, 0.2) is 0 Å². The first-order valence-corrected chi connectivity index (χ1v) is 6.79. The predicted octanol–water partition coefficient (Wildman–Crippen LogP) is 0.930. The lowest BCUT2D eigenvalue weighted by Gasteiger charge is -2.23. The number of esters is 2. The fourth-order valence-corrected chi connectivity index (χ4v) is 4.07. The maximum absolute atomic E-state index is 11.3. The molecular formula is C11H15IO5. The number of ether oxygens (including phenoxy) is 3. The first kappa shape index (κ1) is 13.1. The van der Waals surface area contributed by atoms with Crippen LogP contribution in [-0.4, -0.2) is 41.8 Å². The standard InChI is InChI=1S/C11H15IO5/c1-5(13)16-11-7(4-15-2)6-3-8(14)17-10(6)9(11)12/h6-7,9-11H,3-4H2,1-2H3/t6-,7-,9?,10?,11+/m1/s1. The average molecular weight is 354 g/mol. The molecule has 0 spiro atoms. The molecule has 2 fully saturated rings. The van der Waals surface area contributed by atoms with E-state index in [-0.39, 0.29) is 39.9 Å². The van der Waals surface area contributed by atoms with Gasteiger partial charge in [0.05, 0.1) is 17.0 Å². The van der Waals surface area contributed by atoms with Gasteiger partial charge in [0.15, 0.2) is 0 Å². The third-order valence-electron chi connectivity index (χ3n) is 3.35. The molecule has 0 amide bonds. The molecule has 5 nitrogen and oxygen atoms in total. The maximum Gasteiger partial charge on any atom is 0.306 e. The van der Waals surface area contributed by atoms with Gasteiger partial charge in [0, 0.05) is 25.9 Å². The molecule has 0 aromatic rings. The highest BCUT2D eigenvalue weighted by molar-refractivity contribution is 14.1. The van der Waals surface area contributed by atoms with Crippen LogP contribution in [0.5, 0.6) is 0 Å². The van der Waals surface area contributed by atoms with E-state index in [1.807, 2.05) is 0 Å². The molecule has 6 heteroatoms. The zero-order chi connectivity index (χ0) is 12.6. The van der Waals surface area contributed by atoms with Gasteiger partial charge in [0.1, 0.15) is 12.2 Å². The van der Waals surface area contributed by atoms with Crippen LogP contribution in [0.1, 0.15) is 13.3 Å². The smallest absolute Gasteiger partial charge is 0.306 e. The third-order valence-corrected chi connectivity index (χ3v) is 4.77. The van der Waals surface area contributed by atoms with Crippen LogP contribution in [0.3, 0.4) is 0 Å². The second-order valence-corrected chi connectivity index (χ2v) is 5.90. The van der Waals surface area contributed by atoms with Crippen molar-refractivity contribution in [2.24, 2.45) is 11.8 Å². The van der Waals surface area contributed by atoms with Gasteiger partial charge in [0.2, 0.25) is 0 Å². The van der Waals surface area contributed by atoms with Crippen LogP contribution < -0.4 is 0 Å². The SMILES string of the molecule is COC[C@H]1[C@H](OC(C)=O)C(I)C2OC(=O)C[C@@H]21. The van der Waals surface area contributed by atoms with Gasteiger partial charge in [-0.1, -0.05) is 22.6 Å². The molecule has 1 saturated carbocycles. The number of rotatable bonds is 3. The monoisotopic (exact) mass is 354 g/mol. The first-order chi connectivity index (χ1) is 8.04. The number of carbonyl (C=O) groups excluding carboxylic acids is 2. The fraction of sp³-hybridized carbons (Fsp3) is 0.818. The molecule has 17 heavy (non-hydrogen) atoms. The molecule has 0 bridgehead atoms. The zero-order valence-corrected chi connectivity index (χ0v) is 11.9. The summed E-state index contributed by atoms with van der Waals surface area (Å²) in [6, 6.07) is 0. The first-order valence-electron chi connectivity index (χ1n) is 5.54. The molecule has 0 aromatic heterocycles. The van der Waals surface area contributed by atoms with Crippen LogP contribution in [0.4, 0.5) is 0 Å². The van der Waals surface area contributed by atoms with Crippen LogP contribution in [-0.2, 0) is 23.8 Å². The number of carbonyl (C=O) groups is 2. The molecule has 2 aliphatic rings. The summed E-state index contributed by atoms with van der Waals surface area (Å²) in [5.74, 6) is -0.316. The van der Waals surface area contributed by atoms with E-state index in [2.05, 4.69) is 22.6 Å². The zero-order valence-electron chi connectivity index (χ0n) is 9.72. The van der Waals surface area contributed by atoms with E-state index in [9.17, 15) is 9.59 Å². The molecule has 1 saturated heterocycles. The molecule has 1 aliphatic carbocycles. The Bertz CT molecular complexity index is 332. The van der Waals surface area contributed by atoms with Crippen LogP contribution in [0.2, 0.25) is 0 Å². The van der Waals surface area contributed by atoms with Crippen molar-refractivity contribution in [3.8, 4) is 0 Å². The van der Waals surface area contributed by atoms with Crippen molar-refractivity contribution in [2.45, 2.75) is 29.5 Å². The lowest BCUT2D eigenvalue weighted by molar-refractivity contribution is -0.149. The van der Waals surface area contributed by atoms with Gasteiger partial charge in [-0.25, -0.2) is 0 Å². The molecule has 1 aliphatic heterocycles. The van der Waals surface area contributed by atoms with Gasteiger partial charge in [-0.3, -0.25) is 9.59 Å². The van der Waals surface area contributed by atoms with E-state index >= 15 is 0 Å². The van der Waals surface area contributed by atoms with Gasteiger partial charge in [-0.05, 0) is 0 Å². The van der Waals surface area contributed by atoms with Gasteiger partial charge in [0.25, 0.3) is 0 Å². The minimum atomic E-state index is -0.302. The summed E-state index contributed by atoms with van der Waals surface area (Å²) in [4.78, 5) is 22.4. The highest BCUT2D eigenvalue weighted by Crippen LogP contribution is 2.46. The maximum atomic E-state index is 11.3. The number of halogens is 1. The molecule has 5 atom stereocenters. The van der Waals surface area contributed by atoms with E-state index in [0.29, 0.717) is 13.0 Å². The molecular weight excluding hydrogens is 339 g/mol. The minimum absolute atomic E-state index is 0.00750. The minimum Gasteiger partial charge on any atom is -0.461 e. The van der Waals surface area contributed by atoms with Crippen LogP contribution >= 0.6 is 22.6 Å². The number of fused-ring (bicyclic) bond motifs is 1. The Labute approximate surface area is 113 Å². The van der Waals surface area contributed by atoms with Gasteiger partial charge in [-0.15, -0.1) is 0 Å². The van der Waals surface area contributed by atoms with Crippen molar-refractivity contribution in [1.29, 1.82) is 0 Å². The molecule has 1 heterocycles. The van der Waals surface area contributed by atoms with E-state index in [1.54, 1.807) is 7.11 Å². The summed E-state index contributed by atoms with van der Waals surface area (Å²) in [5.41, 5.74) is 0. The molecule has 0 radical (unpaired) electrons. The fourth-order valence-electron chi connectivity index (χ4n) is 2.71. The van der Waals surface area contributed by atoms with Crippen LogP contribution in [0, 0.1) is 11.8 Å². The van der Waals surface area contributed by atoms with Gasteiger partial charge in [-0.2, -0.15) is 0 Å². The highest BCUT2D eigenvalue weighted by Gasteiger charge is 2.56. The van der Waals surface area contributed by atoms with Crippen molar-refractivity contribution in [1.82, 2.24) is 0 Å². The Morgan fingerprint density at radius 2 is 2.29 bits per heavy atom. The Hall–Kier alpha value is -0.370. The Balaban J connectivity index is 2.16. The largest absolute Gasteiger partial charge is 0.461 e.